The third-order valence-corrected chi connectivity index (χ3v) is 2.52. The third-order valence-electron chi connectivity index (χ3n) is 2.52. The van der Waals surface area contributed by atoms with Gasteiger partial charge in [0.25, 0.3) is 0 Å². The van der Waals surface area contributed by atoms with E-state index in [0.717, 1.165) is 6.42 Å². The van der Waals surface area contributed by atoms with Gasteiger partial charge in [-0.1, -0.05) is 19.1 Å². The van der Waals surface area contributed by atoms with Crippen molar-refractivity contribution in [3.05, 3.63) is 12.2 Å². The monoisotopic (exact) mass is 165 g/mol. The molecule has 2 bridgehead atoms. The van der Waals surface area contributed by atoms with E-state index in [9.17, 15) is 9.59 Å². The van der Waals surface area contributed by atoms with E-state index in [1.54, 1.807) is 6.92 Å². The van der Waals surface area contributed by atoms with Crippen LogP contribution in [0.15, 0.2) is 12.2 Å². The van der Waals surface area contributed by atoms with Crippen molar-refractivity contribution in [2.24, 2.45) is 5.92 Å². The number of likely N-dealkylation sites (tertiary alicyclic amines) is 1. The Morgan fingerprint density at radius 3 is 2.92 bits per heavy atom. The maximum atomic E-state index is 11.4. The molecule has 1 fully saturated rings. The summed E-state index contributed by atoms with van der Waals surface area (Å²) in [5.74, 6) is -0.0586. The molecule has 2 rings (SSSR count). The quantitative estimate of drug-likeness (QED) is 0.536. The summed E-state index contributed by atoms with van der Waals surface area (Å²) in [7, 11) is 0. The first-order valence-corrected chi connectivity index (χ1v) is 4.28. The molecule has 0 radical (unpaired) electrons. The molecular weight excluding hydrogens is 154 g/mol. The van der Waals surface area contributed by atoms with Crippen LogP contribution in [-0.2, 0) is 9.59 Å². The minimum absolute atomic E-state index is 0.00523. The van der Waals surface area contributed by atoms with E-state index in [0.29, 0.717) is 6.42 Å². The van der Waals surface area contributed by atoms with Crippen LogP contribution in [0.1, 0.15) is 19.8 Å². The van der Waals surface area contributed by atoms with Crippen LogP contribution in [0.25, 0.3) is 0 Å². The SMILES string of the molecule is CCC(=O)N1C(=O)C2C=CC1C2. The standard InChI is InChI=1S/C9H11NO2/c1-2-8(11)10-7-4-3-6(5-7)9(10)12/h3-4,6-7H,2,5H2,1H3. The van der Waals surface area contributed by atoms with Crippen molar-refractivity contribution >= 4 is 11.8 Å². The molecule has 1 aliphatic heterocycles. The number of nitrogens with zero attached hydrogens (tertiary/aromatic N) is 1. The highest BCUT2D eigenvalue weighted by Crippen LogP contribution is 2.32. The molecule has 2 atom stereocenters. The summed E-state index contributed by atoms with van der Waals surface area (Å²) in [6.45, 7) is 1.78. The van der Waals surface area contributed by atoms with Crippen LogP contribution in [-0.4, -0.2) is 22.8 Å². The molecule has 2 amide bonds. The molecule has 3 heteroatoms. The normalized spacial score (nSPS) is 31.8. The van der Waals surface area contributed by atoms with E-state index in [1.165, 1.54) is 4.90 Å². The predicted octanol–water partition coefficient (Wildman–Crippen LogP) is 0.710. The zero-order chi connectivity index (χ0) is 8.72. The van der Waals surface area contributed by atoms with Gasteiger partial charge in [-0.3, -0.25) is 14.5 Å². The Morgan fingerprint density at radius 1 is 1.67 bits per heavy atom. The Bertz CT molecular complexity index is 270. The number of imide groups is 1. The fourth-order valence-electron chi connectivity index (χ4n) is 1.87. The summed E-state index contributed by atoms with van der Waals surface area (Å²) >= 11 is 0. The summed E-state index contributed by atoms with van der Waals surface area (Å²) in [6, 6.07) is 0.0648. The lowest BCUT2D eigenvalue weighted by Crippen LogP contribution is -2.39. The summed E-state index contributed by atoms with van der Waals surface area (Å²) in [4.78, 5) is 24.1. The average molecular weight is 165 g/mol. The summed E-state index contributed by atoms with van der Waals surface area (Å²) in [5.41, 5.74) is 0. The second-order valence-corrected chi connectivity index (χ2v) is 3.25. The van der Waals surface area contributed by atoms with Gasteiger partial charge in [-0.05, 0) is 6.42 Å². The predicted molar refractivity (Wildman–Crippen MR) is 43.2 cm³/mol. The first-order valence-electron chi connectivity index (χ1n) is 4.28. The lowest BCUT2D eigenvalue weighted by atomic mass is 10.1. The second kappa shape index (κ2) is 2.44. The Hall–Kier alpha value is -1.12. The van der Waals surface area contributed by atoms with E-state index in [2.05, 4.69) is 0 Å². The molecule has 2 aliphatic rings. The van der Waals surface area contributed by atoms with Gasteiger partial charge in [0, 0.05) is 6.42 Å². The minimum Gasteiger partial charge on any atom is -0.275 e. The molecule has 0 aromatic rings. The van der Waals surface area contributed by atoms with Gasteiger partial charge < -0.3 is 0 Å². The number of amides is 2. The number of rotatable bonds is 1. The Labute approximate surface area is 71.0 Å². The van der Waals surface area contributed by atoms with Crippen molar-refractivity contribution in [3.63, 3.8) is 0 Å². The minimum atomic E-state index is -0.0446. The molecule has 1 saturated heterocycles. The highest BCUT2D eigenvalue weighted by molar-refractivity contribution is 6.00. The lowest BCUT2D eigenvalue weighted by molar-refractivity contribution is -0.144. The molecule has 0 aromatic carbocycles. The number of hydrogen-bond donors (Lipinski definition) is 0. The zero-order valence-electron chi connectivity index (χ0n) is 6.99. The van der Waals surface area contributed by atoms with Crippen LogP contribution in [0.2, 0.25) is 0 Å². The van der Waals surface area contributed by atoms with Crippen molar-refractivity contribution in [1.29, 1.82) is 0 Å². The molecule has 1 heterocycles. The largest absolute Gasteiger partial charge is 0.275 e. The fraction of sp³-hybridized carbons (Fsp3) is 0.556. The molecule has 1 aliphatic carbocycles. The van der Waals surface area contributed by atoms with Gasteiger partial charge in [-0.25, -0.2) is 0 Å². The van der Waals surface area contributed by atoms with Gasteiger partial charge in [0.15, 0.2) is 0 Å². The third kappa shape index (κ3) is 0.823. The number of fused-ring (bicyclic) bond motifs is 2. The van der Waals surface area contributed by atoms with Gasteiger partial charge in [0.1, 0.15) is 0 Å². The Morgan fingerprint density at radius 2 is 2.42 bits per heavy atom. The van der Waals surface area contributed by atoms with E-state index in [-0.39, 0.29) is 23.8 Å². The molecule has 64 valence electrons. The van der Waals surface area contributed by atoms with Gasteiger partial charge in [-0.15, -0.1) is 0 Å². The molecule has 2 unspecified atom stereocenters. The molecule has 0 saturated carbocycles. The summed E-state index contributed by atoms with van der Waals surface area (Å²) in [5, 5.41) is 0. The maximum absolute atomic E-state index is 11.4. The van der Waals surface area contributed by atoms with Gasteiger partial charge in [-0.2, -0.15) is 0 Å². The van der Waals surface area contributed by atoms with Crippen LogP contribution in [0, 0.1) is 5.92 Å². The smallest absolute Gasteiger partial charge is 0.236 e. The van der Waals surface area contributed by atoms with Gasteiger partial charge >= 0.3 is 0 Å². The molecule has 3 nitrogen and oxygen atoms in total. The summed E-state index contributed by atoms with van der Waals surface area (Å²) in [6.07, 6.45) is 5.10. The number of hydrogen-bond acceptors (Lipinski definition) is 2. The topological polar surface area (TPSA) is 37.4 Å². The highest BCUT2D eigenvalue weighted by Gasteiger charge is 2.43. The zero-order valence-corrected chi connectivity index (χ0v) is 6.99. The Kier molecular flexibility index (Phi) is 1.53. The lowest BCUT2D eigenvalue weighted by Gasteiger charge is -2.21. The first-order chi connectivity index (χ1) is 5.74. The van der Waals surface area contributed by atoms with E-state index in [1.807, 2.05) is 12.2 Å². The van der Waals surface area contributed by atoms with E-state index >= 15 is 0 Å². The van der Waals surface area contributed by atoms with Crippen LogP contribution in [0.4, 0.5) is 0 Å². The van der Waals surface area contributed by atoms with Crippen molar-refractivity contribution in [3.8, 4) is 0 Å². The van der Waals surface area contributed by atoms with Crippen molar-refractivity contribution in [2.75, 3.05) is 0 Å². The molecular formula is C9H11NO2. The molecule has 0 N–H and O–H groups in total. The number of carbonyl (C=O) groups is 2. The van der Waals surface area contributed by atoms with Crippen molar-refractivity contribution < 1.29 is 9.59 Å². The van der Waals surface area contributed by atoms with Crippen molar-refractivity contribution in [2.45, 2.75) is 25.8 Å². The Balaban J connectivity index is 2.23. The van der Waals surface area contributed by atoms with Crippen LogP contribution >= 0.6 is 0 Å². The summed E-state index contributed by atoms with van der Waals surface area (Å²) < 4.78 is 0. The number of carbonyl (C=O) groups excluding carboxylic acids is 2. The van der Waals surface area contributed by atoms with Crippen LogP contribution < -0.4 is 0 Å². The highest BCUT2D eigenvalue weighted by atomic mass is 16.2. The van der Waals surface area contributed by atoms with E-state index in [4.69, 9.17) is 0 Å². The van der Waals surface area contributed by atoms with Crippen LogP contribution in [0.5, 0.6) is 0 Å². The van der Waals surface area contributed by atoms with Gasteiger partial charge in [0.2, 0.25) is 11.8 Å². The second-order valence-electron chi connectivity index (χ2n) is 3.25. The average Bonchev–Trinajstić information content (AvgIpc) is 2.63. The maximum Gasteiger partial charge on any atom is 0.236 e. The molecule has 0 spiro atoms. The van der Waals surface area contributed by atoms with Gasteiger partial charge in [0.05, 0.1) is 12.0 Å². The molecule has 0 aromatic heterocycles. The van der Waals surface area contributed by atoms with Crippen molar-refractivity contribution in [1.82, 2.24) is 4.90 Å². The van der Waals surface area contributed by atoms with E-state index < -0.39 is 0 Å². The van der Waals surface area contributed by atoms with Crippen LogP contribution in [0.3, 0.4) is 0 Å². The first kappa shape index (κ1) is 7.53. The fourth-order valence-corrected chi connectivity index (χ4v) is 1.87. The molecule has 12 heavy (non-hydrogen) atoms.